The molecule has 3 N–H and O–H groups in total. The average molecular weight is 317 g/mol. The summed E-state index contributed by atoms with van der Waals surface area (Å²) in [5.41, 5.74) is 3.52. The van der Waals surface area contributed by atoms with Crippen molar-refractivity contribution in [2.24, 2.45) is 5.84 Å². The van der Waals surface area contributed by atoms with Gasteiger partial charge in [-0.05, 0) is 49.4 Å². The van der Waals surface area contributed by atoms with Crippen LogP contribution in [-0.2, 0) is 11.2 Å². The van der Waals surface area contributed by atoms with Gasteiger partial charge in [0.05, 0.1) is 11.6 Å². The molecule has 1 aliphatic carbocycles. The number of benzene rings is 1. The third kappa shape index (κ3) is 2.59. The van der Waals surface area contributed by atoms with Gasteiger partial charge in [0.25, 0.3) is 0 Å². The van der Waals surface area contributed by atoms with E-state index in [9.17, 15) is 4.39 Å². The largest absolute Gasteiger partial charge is 0.377 e. The monoisotopic (exact) mass is 316 g/mol. The quantitative estimate of drug-likeness (QED) is 0.648. The third-order valence-corrected chi connectivity index (χ3v) is 4.65. The first-order chi connectivity index (χ1) is 8.61. The van der Waals surface area contributed by atoms with Gasteiger partial charge in [0.15, 0.2) is 0 Å². The van der Waals surface area contributed by atoms with E-state index < -0.39 is 0 Å². The van der Waals surface area contributed by atoms with Crippen molar-refractivity contribution in [3.05, 3.63) is 34.1 Å². The highest BCUT2D eigenvalue weighted by molar-refractivity contribution is 9.10. The number of ether oxygens (including phenoxy) is 1. The van der Waals surface area contributed by atoms with Crippen LogP contribution < -0.4 is 11.3 Å². The SMILES string of the molecule is COC1(C(Cc2cc(F)ccc2Br)NN)CCC1. The lowest BCUT2D eigenvalue weighted by Gasteiger charge is -2.46. The number of methoxy groups -OCH3 is 1. The van der Waals surface area contributed by atoms with Crippen LogP contribution >= 0.6 is 15.9 Å². The van der Waals surface area contributed by atoms with Crippen molar-refractivity contribution < 1.29 is 9.13 Å². The molecular formula is C13H18BrFN2O. The molecule has 0 amide bonds. The minimum atomic E-state index is -0.232. The summed E-state index contributed by atoms with van der Waals surface area (Å²) in [7, 11) is 1.71. The van der Waals surface area contributed by atoms with E-state index >= 15 is 0 Å². The summed E-state index contributed by atoms with van der Waals surface area (Å²) in [6, 6.07) is 4.69. The van der Waals surface area contributed by atoms with Crippen LogP contribution in [-0.4, -0.2) is 18.8 Å². The van der Waals surface area contributed by atoms with Crippen molar-refractivity contribution in [1.29, 1.82) is 0 Å². The molecule has 1 saturated carbocycles. The van der Waals surface area contributed by atoms with E-state index in [1.165, 1.54) is 12.1 Å². The van der Waals surface area contributed by atoms with Gasteiger partial charge in [-0.2, -0.15) is 0 Å². The van der Waals surface area contributed by atoms with Crippen LogP contribution in [0.3, 0.4) is 0 Å². The molecule has 1 aromatic rings. The van der Waals surface area contributed by atoms with Gasteiger partial charge in [-0.15, -0.1) is 0 Å². The van der Waals surface area contributed by atoms with Crippen molar-refractivity contribution in [2.75, 3.05) is 7.11 Å². The maximum Gasteiger partial charge on any atom is 0.123 e. The molecule has 1 aromatic carbocycles. The molecule has 0 spiro atoms. The molecule has 0 bridgehead atoms. The van der Waals surface area contributed by atoms with Crippen LogP contribution in [0.25, 0.3) is 0 Å². The van der Waals surface area contributed by atoms with Gasteiger partial charge in [-0.3, -0.25) is 11.3 Å². The van der Waals surface area contributed by atoms with Gasteiger partial charge in [0.1, 0.15) is 5.82 Å². The third-order valence-electron chi connectivity index (χ3n) is 3.87. The number of hydrogen-bond acceptors (Lipinski definition) is 3. The number of nitrogens with two attached hydrogens (primary N) is 1. The lowest BCUT2D eigenvalue weighted by Crippen LogP contribution is -2.59. The van der Waals surface area contributed by atoms with Crippen LogP contribution in [0.15, 0.2) is 22.7 Å². The Hall–Kier alpha value is -0.490. The minimum Gasteiger partial charge on any atom is -0.377 e. The second-order valence-electron chi connectivity index (χ2n) is 4.78. The molecule has 1 atom stereocenters. The molecule has 18 heavy (non-hydrogen) atoms. The first kappa shape index (κ1) is 13.9. The van der Waals surface area contributed by atoms with Crippen LogP contribution in [0.5, 0.6) is 0 Å². The summed E-state index contributed by atoms with van der Waals surface area (Å²) < 4.78 is 19.8. The maximum atomic E-state index is 13.3. The topological polar surface area (TPSA) is 47.3 Å². The summed E-state index contributed by atoms with van der Waals surface area (Å²) in [4.78, 5) is 0. The van der Waals surface area contributed by atoms with Crippen LogP contribution in [0.4, 0.5) is 4.39 Å². The summed E-state index contributed by atoms with van der Waals surface area (Å²) in [5.74, 6) is 5.41. The molecule has 0 radical (unpaired) electrons. The Balaban J connectivity index is 2.17. The molecule has 2 rings (SSSR count). The van der Waals surface area contributed by atoms with E-state index in [-0.39, 0.29) is 17.5 Å². The summed E-state index contributed by atoms with van der Waals surface area (Å²) >= 11 is 3.44. The number of hydrazine groups is 1. The predicted octanol–water partition coefficient (Wildman–Crippen LogP) is 2.53. The summed E-state index contributed by atoms with van der Waals surface area (Å²) in [5, 5.41) is 0. The number of hydrogen-bond donors (Lipinski definition) is 2. The lowest BCUT2D eigenvalue weighted by molar-refractivity contribution is -0.0982. The van der Waals surface area contributed by atoms with Gasteiger partial charge in [0, 0.05) is 11.6 Å². The van der Waals surface area contributed by atoms with Crippen LogP contribution in [0.2, 0.25) is 0 Å². The molecule has 1 aliphatic rings. The normalized spacial score (nSPS) is 19.3. The van der Waals surface area contributed by atoms with E-state index in [4.69, 9.17) is 10.6 Å². The molecule has 5 heteroatoms. The Bertz CT molecular complexity index is 418. The Morgan fingerprint density at radius 1 is 1.56 bits per heavy atom. The standard InChI is InChI=1S/C13H18BrFN2O/c1-18-13(5-2-6-13)12(17-16)8-9-7-10(15)3-4-11(9)14/h3-4,7,12,17H,2,5-6,8,16H2,1H3. The smallest absolute Gasteiger partial charge is 0.123 e. The van der Waals surface area contributed by atoms with E-state index in [1.807, 2.05) is 0 Å². The summed E-state index contributed by atoms with van der Waals surface area (Å²) in [6.45, 7) is 0. The zero-order valence-electron chi connectivity index (χ0n) is 10.4. The Morgan fingerprint density at radius 2 is 2.28 bits per heavy atom. The fraction of sp³-hybridized carbons (Fsp3) is 0.538. The van der Waals surface area contributed by atoms with Crippen LogP contribution in [0.1, 0.15) is 24.8 Å². The first-order valence-electron chi connectivity index (χ1n) is 6.06. The first-order valence-corrected chi connectivity index (χ1v) is 6.86. The second-order valence-corrected chi connectivity index (χ2v) is 5.64. The van der Waals surface area contributed by atoms with E-state index in [2.05, 4.69) is 21.4 Å². The highest BCUT2D eigenvalue weighted by Crippen LogP contribution is 2.39. The highest BCUT2D eigenvalue weighted by atomic mass is 79.9. The van der Waals surface area contributed by atoms with E-state index in [0.717, 1.165) is 29.3 Å². The van der Waals surface area contributed by atoms with Crippen molar-refractivity contribution in [3.63, 3.8) is 0 Å². The number of nitrogens with one attached hydrogen (secondary N) is 1. The Labute approximate surface area is 115 Å². The van der Waals surface area contributed by atoms with Crippen molar-refractivity contribution in [3.8, 4) is 0 Å². The minimum absolute atomic E-state index is 0.00523. The zero-order valence-corrected chi connectivity index (χ0v) is 12.0. The number of rotatable bonds is 5. The van der Waals surface area contributed by atoms with Gasteiger partial charge in [-0.25, -0.2) is 4.39 Å². The average Bonchev–Trinajstić information content (AvgIpc) is 2.31. The molecule has 0 saturated heterocycles. The van der Waals surface area contributed by atoms with Crippen molar-refractivity contribution >= 4 is 15.9 Å². The fourth-order valence-corrected chi connectivity index (χ4v) is 2.95. The van der Waals surface area contributed by atoms with Crippen LogP contribution in [0, 0.1) is 5.82 Å². The Kier molecular flexibility index (Phi) is 4.37. The maximum absolute atomic E-state index is 13.3. The fourth-order valence-electron chi connectivity index (χ4n) is 2.54. The molecule has 1 fully saturated rings. The van der Waals surface area contributed by atoms with Crippen molar-refractivity contribution in [2.45, 2.75) is 37.3 Å². The molecule has 3 nitrogen and oxygen atoms in total. The molecule has 0 heterocycles. The summed E-state index contributed by atoms with van der Waals surface area (Å²) in [6.07, 6.45) is 3.77. The Morgan fingerprint density at radius 3 is 2.78 bits per heavy atom. The molecule has 1 unspecified atom stereocenters. The lowest BCUT2D eigenvalue weighted by atomic mass is 9.73. The van der Waals surface area contributed by atoms with E-state index in [1.54, 1.807) is 13.2 Å². The van der Waals surface area contributed by atoms with Crippen molar-refractivity contribution in [1.82, 2.24) is 5.43 Å². The second kappa shape index (κ2) is 5.65. The molecule has 100 valence electrons. The molecular weight excluding hydrogens is 299 g/mol. The predicted molar refractivity (Wildman–Crippen MR) is 72.5 cm³/mol. The van der Waals surface area contributed by atoms with Gasteiger partial charge < -0.3 is 4.74 Å². The number of halogens is 2. The molecule has 0 aromatic heterocycles. The van der Waals surface area contributed by atoms with E-state index in [0.29, 0.717) is 6.42 Å². The van der Waals surface area contributed by atoms with Gasteiger partial charge in [-0.1, -0.05) is 15.9 Å². The van der Waals surface area contributed by atoms with Gasteiger partial charge >= 0.3 is 0 Å². The highest BCUT2D eigenvalue weighted by Gasteiger charge is 2.44. The van der Waals surface area contributed by atoms with Gasteiger partial charge in [0.2, 0.25) is 0 Å². The zero-order chi connectivity index (χ0) is 13.2. The molecule has 0 aliphatic heterocycles.